The van der Waals surface area contributed by atoms with Gasteiger partial charge in [0, 0.05) is 24.7 Å². The molecular formula is C14H18N2O3. The van der Waals surface area contributed by atoms with Crippen LogP contribution in [0.15, 0.2) is 12.1 Å². The van der Waals surface area contributed by atoms with Crippen LogP contribution < -0.4 is 15.8 Å². The topological polar surface area (TPSA) is 73.6 Å². The SMILES string of the molecule is C#CCNc1ccc(C(N)=O)c(CCOC)c1OC. The van der Waals surface area contributed by atoms with Crippen LogP contribution in [0.5, 0.6) is 5.75 Å². The standard InChI is InChI=1S/C14H18N2O3/c1-4-8-16-12-6-5-11(14(15)17)10(7-9-18-2)13(12)19-3/h1,5-6,16H,7-9H2,2-3H3,(H2,15,17). The summed E-state index contributed by atoms with van der Waals surface area (Å²) in [6.07, 6.45) is 5.75. The fourth-order valence-electron chi connectivity index (χ4n) is 1.83. The second-order valence-electron chi connectivity index (χ2n) is 3.84. The first-order valence-corrected chi connectivity index (χ1v) is 5.81. The lowest BCUT2D eigenvalue weighted by molar-refractivity contribution is 0.0998. The molecule has 0 heterocycles. The van der Waals surface area contributed by atoms with E-state index in [1.807, 2.05) is 0 Å². The van der Waals surface area contributed by atoms with Crippen LogP contribution in [0.2, 0.25) is 0 Å². The van der Waals surface area contributed by atoms with Crippen molar-refractivity contribution in [3.63, 3.8) is 0 Å². The second kappa shape index (κ2) is 7.29. The van der Waals surface area contributed by atoms with Crippen LogP contribution in [-0.4, -0.2) is 33.3 Å². The minimum atomic E-state index is -0.493. The van der Waals surface area contributed by atoms with Gasteiger partial charge in [0.2, 0.25) is 5.91 Å². The Labute approximate surface area is 113 Å². The van der Waals surface area contributed by atoms with Crippen molar-refractivity contribution in [2.24, 2.45) is 5.73 Å². The van der Waals surface area contributed by atoms with Gasteiger partial charge in [0.05, 0.1) is 25.9 Å². The molecule has 0 bridgehead atoms. The highest BCUT2D eigenvalue weighted by Gasteiger charge is 2.16. The van der Waals surface area contributed by atoms with Gasteiger partial charge in [0.1, 0.15) is 5.75 Å². The molecule has 1 aromatic carbocycles. The predicted molar refractivity (Wildman–Crippen MR) is 74.4 cm³/mol. The number of hydrogen-bond donors (Lipinski definition) is 2. The van der Waals surface area contributed by atoms with Crippen molar-refractivity contribution in [3.05, 3.63) is 23.3 Å². The highest BCUT2D eigenvalue weighted by molar-refractivity contribution is 5.96. The van der Waals surface area contributed by atoms with Gasteiger partial charge in [0.15, 0.2) is 0 Å². The number of anilines is 1. The third kappa shape index (κ3) is 3.63. The summed E-state index contributed by atoms with van der Waals surface area (Å²) in [5, 5.41) is 3.04. The Morgan fingerprint density at radius 2 is 2.21 bits per heavy atom. The molecule has 0 saturated heterocycles. The number of terminal acetylenes is 1. The van der Waals surface area contributed by atoms with Crippen LogP contribution >= 0.6 is 0 Å². The van der Waals surface area contributed by atoms with E-state index in [9.17, 15) is 4.79 Å². The minimum Gasteiger partial charge on any atom is -0.494 e. The van der Waals surface area contributed by atoms with Crippen molar-refractivity contribution in [1.29, 1.82) is 0 Å². The molecule has 0 atom stereocenters. The molecule has 3 N–H and O–H groups in total. The highest BCUT2D eigenvalue weighted by Crippen LogP contribution is 2.32. The van der Waals surface area contributed by atoms with E-state index in [1.165, 1.54) is 7.11 Å². The number of ether oxygens (including phenoxy) is 2. The van der Waals surface area contributed by atoms with Crippen molar-refractivity contribution in [1.82, 2.24) is 0 Å². The van der Waals surface area contributed by atoms with Crippen molar-refractivity contribution in [2.45, 2.75) is 6.42 Å². The summed E-state index contributed by atoms with van der Waals surface area (Å²) in [6, 6.07) is 3.39. The van der Waals surface area contributed by atoms with Crippen LogP contribution in [0.1, 0.15) is 15.9 Å². The Morgan fingerprint density at radius 3 is 2.74 bits per heavy atom. The van der Waals surface area contributed by atoms with Crippen LogP contribution in [0.3, 0.4) is 0 Å². The summed E-state index contributed by atoms with van der Waals surface area (Å²) < 4.78 is 10.4. The average molecular weight is 262 g/mol. The smallest absolute Gasteiger partial charge is 0.249 e. The minimum absolute atomic E-state index is 0.371. The summed E-state index contributed by atoms with van der Waals surface area (Å²) in [6.45, 7) is 0.839. The molecule has 1 aromatic rings. The number of hydrogen-bond acceptors (Lipinski definition) is 4. The zero-order chi connectivity index (χ0) is 14.3. The number of methoxy groups -OCH3 is 2. The van der Waals surface area contributed by atoms with Gasteiger partial charge in [-0.05, 0) is 12.1 Å². The predicted octanol–water partition coefficient (Wildman–Crippen LogP) is 1.03. The Hall–Kier alpha value is -2.19. The summed E-state index contributed by atoms with van der Waals surface area (Å²) in [5.74, 6) is 2.56. The van der Waals surface area contributed by atoms with Gasteiger partial charge in [0.25, 0.3) is 0 Å². The van der Waals surface area contributed by atoms with Crippen molar-refractivity contribution >= 4 is 11.6 Å². The molecule has 0 aliphatic carbocycles. The van der Waals surface area contributed by atoms with E-state index in [2.05, 4.69) is 11.2 Å². The van der Waals surface area contributed by atoms with Crippen molar-refractivity contribution in [3.8, 4) is 18.1 Å². The molecule has 0 aromatic heterocycles. The fraction of sp³-hybridized carbons (Fsp3) is 0.357. The Balaban J connectivity index is 3.24. The Kier molecular flexibility index (Phi) is 5.71. The Bertz CT molecular complexity index is 492. The number of carbonyl (C=O) groups is 1. The first-order valence-electron chi connectivity index (χ1n) is 5.81. The monoisotopic (exact) mass is 262 g/mol. The van der Waals surface area contributed by atoms with Gasteiger partial charge in [-0.1, -0.05) is 5.92 Å². The molecule has 0 spiro atoms. The summed E-state index contributed by atoms with van der Waals surface area (Å²) >= 11 is 0. The van der Waals surface area contributed by atoms with Gasteiger partial charge in [-0.3, -0.25) is 4.79 Å². The largest absolute Gasteiger partial charge is 0.494 e. The summed E-state index contributed by atoms with van der Waals surface area (Å²) in [5.41, 5.74) is 7.26. The number of benzene rings is 1. The summed E-state index contributed by atoms with van der Waals surface area (Å²) in [4.78, 5) is 11.5. The van der Waals surface area contributed by atoms with Gasteiger partial charge in [-0.15, -0.1) is 6.42 Å². The molecule has 0 unspecified atom stereocenters. The zero-order valence-corrected chi connectivity index (χ0v) is 11.2. The van der Waals surface area contributed by atoms with E-state index in [4.69, 9.17) is 21.6 Å². The maximum atomic E-state index is 11.5. The molecule has 0 aliphatic rings. The zero-order valence-electron chi connectivity index (χ0n) is 11.2. The van der Waals surface area contributed by atoms with Gasteiger partial charge < -0.3 is 20.5 Å². The fourth-order valence-corrected chi connectivity index (χ4v) is 1.83. The number of rotatable bonds is 7. The molecule has 5 nitrogen and oxygen atoms in total. The molecule has 102 valence electrons. The molecule has 0 fully saturated rings. The number of primary amides is 1. The molecule has 0 aliphatic heterocycles. The van der Waals surface area contributed by atoms with E-state index in [0.717, 1.165) is 11.3 Å². The molecule has 0 saturated carbocycles. The molecule has 19 heavy (non-hydrogen) atoms. The van der Waals surface area contributed by atoms with Gasteiger partial charge in [-0.2, -0.15) is 0 Å². The lowest BCUT2D eigenvalue weighted by atomic mass is 10.0. The van der Waals surface area contributed by atoms with E-state index in [0.29, 0.717) is 30.9 Å². The first-order chi connectivity index (χ1) is 9.15. The van der Waals surface area contributed by atoms with E-state index in [-0.39, 0.29) is 0 Å². The average Bonchev–Trinajstić information content (AvgIpc) is 2.41. The lowest BCUT2D eigenvalue weighted by Gasteiger charge is -2.16. The Morgan fingerprint density at radius 1 is 1.47 bits per heavy atom. The normalized spacial score (nSPS) is 9.74. The quantitative estimate of drug-likeness (QED) is 0.720. The van der Waals surface area contributed by atoms with Crippen LogP contribution in [0.4, 0.5) is 5.69 Å². The van der Waals surface area contributed by atoms with E-state index in [1.54, 1.807) is 19.2 Å². The molecule has 5 heteroatoms. The maximum absolute atomic E-state index is 11.5. The second-order valence-corrected chi connectivity index (χ2v) is 3.84. The van der Waals surface area contributed by atoms with Crippen LogP contribution in [-0.2, 0) is 11.2 Å². The third-order valence-electron chi connectivity index (χ3n) is 2.67. The highest BCUT2D eigenvalue weighted by atomic mass is 16.5. The number of nitrogens with one attached hydrogen (secondary N) is 1. The molecule has 1 amide bonds. The third-order valence-corrected chi connectivity index (χ3v) is 2.67. The maximum Gasteiger partial charge on any atom is 0.249 e. The van der Waals surface area contributed by atoms with Gasteiger partial charge >= 0.3 is 0 Å². The van der Waals surface area contributed by atoms with Crippen molar-refractivity contribution in [2.75, 3.05) is 32.7 Å². The number of nitrogens with two attached hydrogens (primary N) is 1. The number of amides is 1. The molecular weight excluding hydrogens is 244 g/mol. The first kappa shape index (κ1) is 14.9. The van der Waals surface area contributed by atoms with Gasteiger partial charge in [-0.25, -0.2) is 0 Å². The number of carbonyl (C=O) groups excluding carboxylic acids is 1. The molecule has 0 radical (unpaired) electrons. The lowest BCUT2D eigenvalue weighted by Crippen LogP contribution is -2.16. The van der Waals surface area contributed by atoms with Crippen LogP contribution in [0, 0.1) is 12.3 Å². The summed E-state index contributed by atoms with van der Waals surface area (Å²) in [7, 11) is 3.13. The van der Waals surface area contributed by atoms with E-state index < -0.39 is 5.91 Å². The van der Waals surface area contributed by atoms with Crippen LogP contribution in [0.25, 0.3) is 0 Å². The van der Waals surface area contributed by atoms with E-state index >= 15 is 0 Å². The van der Waals surface area contributed by atoms with Crippen molar-refractivity contribution < 1.29 is 14.3 Å². The molecule has 1 rings (SSSR count).